The quantitative estimate of drug-likeness (QED) is 0.323. The number of allylic oxidation sites excluding steroid dienone is 4. The third-order valence-corrected chi connectivity index (χ3v) is 7.18. The number of hydrogen-bond acceptors (Lipinski definition) is 11. The van der Waals surface area contributed by atoms with Crippen LogP contribution < -0.4 is 0 Å². The van der Waals surface area contributed by atoms with Crippen LogP contribution in [0.2, 0.25) is 0 Å². The fourth-order valence-corrected chi connectivity index (χ4v) is 5.49. The summed E-state index contributed by atoms with van der Waals surface area (Å²) < 4.78 is 72.5. The minimum absolute atomic E-state index is 0.0396. The van der Waals surface area contributed by atoms with Gasteiger partial charge in [0.2, 0.25) is 5.67 Å². The van der Waals surface area contributed by atoms with Gasteiger partial charge in [0, 0.05) is 45.1 Å². The normalized spacial score (nSPS) is 28.9. The van der Waals surface area contributed by atoms with Gasteiger partial charge in [-0.15, -0.1) is 0 Å². The fourth-order valence-electron chi connectivity index (χ4n) is 5.49. The van der Waals surface area contributed by atoms with E-state index >= 15 is 4.39 Å². The number of hydrogen-bond donors (Lipinski definition) is 1. The molecule has 1 N–H and O–H groups in total. The molecule has 14 heteroatoms. The van der Waals surface area contributed by atoms with Crippen molar-refractivity contribution in [2.45, 2.75) is 75.9 Å². The van der Waals surface area contributed by atoms with Crippen LogP contribution in [0.25, 0.3) is 0 Å². The van der Waals surface area contributed by atoms with Crippen LogP contribution in [0.4, 0.5) is 13.2 Å². The first-order valence-corrected chi connectivity index (χ1v) is 13.4. The van der Waals surface area contributed by atoms with Crippen molar-refractivity contribution in [1.29, 1.82) is 0 Å². The zero-order chi connectivity index (χ0) is 32.4. The van der Waals surface area contributed by atoms with Gasteiger partial charge in [-0.05, 0) is 17.7 Å². The number of carbonyl (C=O) groups is 4. The lowest BCUT2D eigenvalue weighted by Gasteiger charge is -2.50. The van der Waals surface area contributed by atoms with Gasteiger partial charge >= 0.3 is 23.9 Å². The second-order valence-corrected chi connectivity index (χ2v) is 10.3. The Labute approximate surface area is 250 Å². The molecule has 1 aromatic rings. The molecule has 44 heavy (non-hydrogen) atoms. The van der Waals surface area contributed by atoms with Crippen LogP contribution in [-0.2, 0) is 48.5 Å². The Morgan fingerprint density at radius 1 is 0.955 bits per heavy atom. The lowest BCUT2D eigenvalue weighted by Crippen LogP contribution is -2.67. The molecule has 2 aliphatic heterocycles. The molecular weight excluding hydrogens is 591 g/mol. The number of aliphatic imine (C=N–C) groups is 1. The van der Waals surface area contributed by atoms with E-state index in [1.165, 1.54) is 30.3 Å². The summed E-state index contributed by atoms with van der Waals surface area (Å²) in [6.07, 6.45) is -8.03. The van der Waals surface area contributed by atoms with Gasteiger partial charge in [0.15, 0.2) is 18.3 Å². The molecule has 4 rings (SSSR count). The third-order valence-electron chi connectivity index (χ3n) is 7.18. The molecule has 0 spiro atoms. The highest BCUT2D eigenvalue weighted by Crippen LogP contribution is 2.50. The Kier molecular flexibility index (Phi) is 9.44. The van der Waals surface area contributed by atoms with E-state index < -0.39 is 89.8 Å². The molecule has 0 bridgehead atoms. The van der Waals surface area contributed by atoms with Crippen LogP contribution in [0.15, 0.2) is 70.4 Å². The monoisotopic (exact) mass is 621 g/mol. The van der Waals surface area contributed by atoms with E-state index in [0.29, 0.717) is 6.08 Å². The molecule has 0 aromatic heterocycles. The molecule has 1 aromatic carbocycles. The Balaban J connectivity index is 2.03. The van der Waals surface area contributed by atoms with Crippen molar-refractivity contribution in [3.05, 3.63) is 71.0 Å². The highest BCUT2D eigenvalue weighted by atomic mass is 19.3. The molecule has 11 nitrogen and oxygen atoms in total. The van der Waals surface area contributed by atoms with Gasteiger partial charge in [0.1, 0.15) is 24.4 Å². The Morgan fingerprint density at radius 2 is 1.55 bits per heavy atom. The van der Waals surface area contributed by atoms with Crippen LogP contribution in [0.1, 0.15) is 33.3 Å². The van der Waals surface area contributed by atoms with Gasteiger partial charge in [0.05, 0.1) is 5.70 Å². The summed E-state index contributed by atoms with van der Waals surface area (Å²) in [4.78, 5) is 52.7. The SMILES string of the molecule is CC(=O)OC[C@H]1O[C@@H](C(O)(C2=C3C(=CC=CC3(F)C(F)F)N=C2)c2ccccc2)[C@H](OC(C)=O)[C@@H](OC(C)=O)[C@@H]1OC(C)=O. The predicted molar refractivity (Wildman–Crippen MR) is 145 cm³/mol. The molecule has 7 atom stereocenters. The molecule has 0 radical (unpaired) electrons. The van der Waals surface area contributed by atoms with Gasteiger partial charge in [-0.1, -0.05) is 36.4 Å². The van der Waals surface area contributed by atoms with E-state index in [0.717, 1.165) is 40.0 Å². The van der Waals surface area contributed by atoms with Crippen LogP contribution in [0.3, 0.4) is 0 Å². The van der Waals surface area contributed by atoms with Gasteiger partial charge in [0.25, 0.3) is 6.43 Å². The molecule has 236 valence electrons. The second kappa shape index (κ2) is 12.7. The minimum Gasteiger partial charge on any atom is -0.463 e. The largest absolute Gasteiger partial charge is 0.463 e. The maximum absolute atomic E-state index is 16.1. The number of esters is 4. The Bertz CT molecular complexity index is 1440. The van der Waals surface area contributed by atoms with Crippen LogP contribution in [0.5, 0.6) is 0 Å². The van der Waals surface area contributed by atoms with Gasteiger partial charge in [-0.2, -0.15) is 0 Å². The lowest BCUT2D eigenvalue weighted by atomic mass is 9.72. The first-order valence-electron chi connectivity index (χ1n) is 13.4. The lowest BCUT2D eigenvalue weighted by molar-refractivity contribution is -0.278. The number of benzene rings is 1. The fraction of sp³-hybridized carbons (Fsp3) is 0.433. The molecule has 0 amide bonds. The predicted octanol–water partition coefficient (Wildman–Crippen LogP) is 2.81. The summed E-state index contributed by atoms with van der Waals surface area (Å²) in [5.74, 6) is -3.53. The van der Waals surface area contributed by atoms with Crippen molar-refractivity contribution in [3.63, 3.8) is 0 Å². The van der Waals surface area contributed by atoms with Crippen LogP contribution in [0, 0.1) is 0 Å². The summed E-state index contributed by atoms with van der Waals surface area (Å²) >= 11 is 0. The van der Waals surface area contributed by atoms with Crippen molar-refractivity contribution >= 4 is 30.1 Å². The van der Waals surface area contributed by atoms with Crippen molar-refractivity contribution in [2.24, 2.45) is 4.99 Å². The molecule has 2 heterocycles. The molecular formula is C30H30F3NO10. The molecule has 1 fully saturated rings. The summed E-state index contributed by atoms with van der Waals surface area (Å²) in [6.45, 7) is 3.54. The Morgan fingerprint density at radius 3 is 2.11 bits per heavy atom. The zero-order valence-corrected chi connectivity index (χ0v) is 24.1. The number of fused-ring (bicyclic) bond motifs is 1. The maximum Gasteiger partial charge on any atom is 0.303 e. The number of aliphatic hydroxyl groups is 1. The number of ether oxygens (including phenoxy) is 5. The van der Waals surface area contributed by atoms with Gasteiger partial charge < -0.3 is 28.8 Å². The van der Waals surface area contributed by atoms with Crippen molar-refractivity contribution in [1.82, 2.24) is 0 Å². The van der Waals surface area contributed by atoms with E-state index in [1.54, 1.807) is 6.07 Å². The summed E-state index contributed by atoms with van der Waals surface area (Å²) in [6, 6.07) is 7.36. The number of nitrogens with zero attached hydrogens (tertiary/aromatic N) is 1. The first-order chi connectivity index (χ1) is 20.7. The highest BCUT2D eigenvalue weighted by molar-refractivity contribution is 5.91. The molecule has 1 aliphatic carbocycles. The maximum atomic E-state index is 16.1. The topological polar surface area (TPSA) is 147 Å². The van der Waals surface area contributed by atoms with Crippen molar-refractivity contribution < 1.29 is 61.1 Å². The summed E-state index contributed by atoms with van der Waals surface area (Å²) in [7, 11) is 0. The van der Waals surface area contributed by atoms with E-state index in [9.17, 15) is 33.1 Å². The van der Waals surface area contributed by atoms with E-state index in [2.05, 4.69) is 4.99 Å². The molecule has 1 saturated heterocycles. The van der Waals surface area contributed by atoms with E-state index in [1.807, 2.05) is 0 Å². The van der Waals surface area contributed by atoms with Crippen molar-refractivity contribution in [3.8, 4) is 0 Å². The average molecular weight is 622 g/mol. The summed E-state index contributed by atoms with van der Waals surface area (Å²) in [5.41, 5.74) is -7.44. The van der Waals surface area contributed by atoms with Gasteiger partial charge in [-0.25, -0.2) is 13.2 Å². The number of alkyl halides is 3. The second-order valence-electron chi connectivity index (χ2n) is 10.3. The number of rotatable bonds is 9. The molecule has 2 unspecified atom stereocenters. The smallest absolute Gasteiger partial charge is 0.303 e. The van der Waals surface area contributed by atoms with E-state index in [4.69, 9.17) is 23.7 Å². The van der Waals surface area contributed by atoms with Crippen LogP contribution >= 0.6 is 0 Å². The van der Waals surface area contributed by atoms with E-state index in [-0.39, 0.29) is 11.3 Å². The Hall–Kier alpha value is -4.30. The van der Waals surface area contributed by atoms with Gasteiger partial charge in [-0.3, -0.25) is 24.2 Å². The molecule has 0 saturated carbocycles. The standard InChI is InChI=1S/C30H30F3NO10/c1-15(35)40-14-22-24(41-16(2)36)25(42-17(3)37)26(43-18(4)38)27(44-22)30(39,19-9-6-5-7-10-19)20-13-34-21-11-8-12-29(33,23(20)21)28(31)32/h5-13,22,24-28,39H,14H2,1-4H3/t22-,24-,25+,26-,27-,29?,30?/m1/s1. The highest BCUT2D eigenvalue weighted by Gasteiger charge is 2.62. The summed E-state index contributed by atoms with van der Waals surface area (Å²) in [5, 5.41) is 12.8. The zero-order valence-electron chi connectivity index (χ0n) is 24.1. The third kappa shape index (κ3) is 6.17. The minimum atomic E-state index is -3.59. The van der Waals surface area contributed by atoms with Crippen LogP contribution in [-0.4, -0.2) is 84.4 Å². The number of halogens is 3. The number of carbonyl (C=O) groups excluding carboxylic acids is 4. The first kappa shape index (κ1) is 32.6. The molecule has 3 aliphatic rings. The average Bonchev–Trinajstić information content (AvgIpc) is 3.40. The van der Waals surface area contributed by atoms with Crippen molar-refractivity contribution in [2.75, 3.05) is 6.61 Å².